The van der Waals surface area contributed by atoms with Crippen LogP contribution in [0.15, 0.2) is 47.1 Å². The summed E-state index contributed by atoms with van der Waals surface area (Å²) >= 11 is 0. The molecule has 0 aliphatic heterocycles. The van der Waals surface area contributed by atoms with Crippen LogP contribution in [0.25, 0.3) is 0 Å². The summed E-state index contributed by atoms with van der Waals surface area (Å²) < 4.78 is 23.8. The SMILES string of the molecule is CCCCCCCC(=O)N(CCOC)CC(=O)N(Cc1ccc(F)cc1)Cc1ccco1. The second-order valence-electron chi connectivity index (χ2n) is 7.93. The van der Waals surface area contributed by atoms with Crippen molar-refractivity contribution in [1.29, 1.82) is 0 Å². The number of methoxy groups -OCH3 is 1. The minimum absolute atomic E-state index is 0.0287. The third kappa shape index (κ3) is 9.22. The maximum atomic E-state index is 13.3. The van der Waals surface area contributed by atoms with Crippen LogP contribution >= 0.6 is 0 Å². The summed E-state index contributed by atoms with van der Waals surface area (Å²) in [5, 5.41) is 0. The molecule has 6 nitrogen and oxygen atoms in total. The molecule has 0 unspecified atom stereocenters. The van der Waals surface area contributed by atoms with Gasteiger partial charge in [0.05, 0.1) is 26.0 Å². The van der Waals surface area contributed by atoms with E-state index in [0.717, 1.165) is 31.2 Å². The zero-order chi connectivity index (χ0) is 23.2. The summed E-state index contributed by atoms with van der Waals surface area (Å²) in [7, 11) is 1.58. The first kappa shape index (κ1) is 25.6. The van der Waals surface area contributed by atoms with Gasteiger partial charge in [-0.05, 0) is 36.2 Å². The fraction of sp³-hybridized carbons (Fsp3) is 0.520. The Hall–Kier alpha value is -2.67. The van der Waals surface area contributed by atoms with Crippen LogP contribution < -0.4 is 0 Å². The number of carbonyl (C=O) groups excluding carboxylic acids is 2. The molecule has 7 heteroatoms. The zero-order valence-electron chi connectivity index (χ0n) is 19.2. The van der Waals surface area contributed by atoms with Gasteiger partial charge < -0.3 is 19.0 Å². The summed E-state index contributed by atoms with van der Waals surface area (Å²) in [4.78, 5) is 29.2. The number of carbonyl (C=O) groups is 2. The molecular weight excluding hydrogens is 411 g/mol. The van der Waals surface area contributed by atoms with Crippen molar-refractivity contribution in [3.63, 3.8) is 0 Å². The van der Waals surface area contributed by atoms with E-state index in [2.05, 4.69) is 6.92 Å². The van der Waals surface area contributed by atoms with E-state index in [-0.39, 0.29) is 30.7 Å². The van der Waals surface area contributed by atoms with Gasteiger partial charge in [-0.15, -0.1) is 0 Å². The second-order valence-corrected chi connectivity index (χ2v) is 7.93. The van der Waals surface area contributed by atoms with E-state index in [0.29, 0.717) is 31.9 Å². The highest BCUT2D eigenvalue weighted by Crippen LogP contribution is 2.13. The average molecular weight is 447 g/mol. The van der Waals surface area contributed by atoms with Gasteiger partial charge in [0, 0.05) is 26.6 Å². The molecule has 0 aliphatic carbocycles. The van der Waals surface area contributed by atoms with Gasteiger partial charge in [0.15, 0.2) is 0 Å². The van der Waals surface area contributed by atoms with E-state index in [1.165, 1.54) is 18.6 Å². The number of amides is 2. The van der Waals surface area contributed by atoms with Crippen LogP contribution in [0.5, 0.6) is 0 Å². The number of rotatable bonds is 15. The molecule has 32 heavy (non-hydrogen) atoms. The predicted octanol–water partition coefficient (Wildman–Crippen LogP) is 4.78. The van der Waals surface area contributed by atoms with Crippen LogP contribution in [-0.4, -0.2) is 48.4 Å². The molecule has 0 aliphatic rings. The fourth-order valence-electron chi connectivity index (χ4n) is 3.43. The van der Waals surface area contributed by atoms with Gasteiger partial charge >= 0.3 is 0 Å². The normalized spacial score (nSPS) is 10.8. The highest BCUT2D eigenvalue weighted by atomic mass is 19.1. The maximum Gasteiger partial charge on any atom is 0.242 e. The Morgan fingerprint density at radius 1 is 0.969 bits per heavy atom. The summed E-state index contributed by atoms with van der Waals surface area (Å²) in [6, 6.07) is 9.62. The third-order valence-corrected chi connectivity index (χ3v) is 5.30. The van der Waals surface area contributed by atoms with Crippen molar-refractivity contribution in [2.24, 2.45) is 0 Å². The van der Waals surface area contributed by atoms with Crippen LogP contribution in [0.3, 0.4) is 0 Å². The number of unbranched alkanes of at least 4 members (excludes halogenated alkanes) is 4. The molecule has 0 fully saturated rings. The highest BCUT2D eigenvalue weighted by molar-refractivity contribution is 5.84. The molecule has 2 aromatic rings. The Labute approximate surface area is 190 Å². The number of benzene rings is 1. The first-order valence-electron chi connectivity index (χ1n) is 11.3. The van der Waals surface area contributed by atoms with Crippen LogP contribution in [-0.2, 0) is 27.4 Å². The number of furan rings is 1. The quantitative estimate of drug-likeness (QED) is 0.369. The first-order valence-corrected chi connectivity index (χ1v) is 11.3. The number of nitrogens with zero attached hydrogens (tertiary/aromatic N) is 2. The molecule has 1 aromatic heterocycles. The Bertz CT molecular complexity index is 793. The van der Waals surface area contributed by atoms with E-state index in [1.54, 1.807) is 47.4 Å². The van der Waals surface area contributed by atoms with Gasteiger partial charge in [-0.2, -0.15) is 0 Å². The Morgan fingerprint density at radius 2 is 1.72 bits per heavy atom. The van der Waals surface area contributed by atoms with Crippen LogP contribution in [0.2, 0.25) is 0 Å². The lowest BCUT2D eigenvalue weighted by molar-refractivity contribution is -0.142. The molecule has 0 saturated heterocycles. The van der Waals surface area contributed by atoms with Gasteiger partial charge in [-0.25, -0.2) is 4.39 Å². The minimum atomic E-state index is -0.326. The fourth-order valence-corrected chi connectivity index (χ4v) is 3.43. The van der Waals surface area contributed by atoms with Crippen molar-refractivity contribution in [1.82, 2.24) is 9.80 Å². The molecule has 2 amide bonds. The van der Waals surface area contributed by atoms with Crippen molar-refractivity contribution in [3.05, 3.63) is 59.8 Å². The molecular formula is C25H35FN2O4. The van der Waals surface area contributed by atoms with Crippen LogP contribution in [0, 0.1) is 5.82 Å². The van der Waals surface area contributed by atoms with Gasteiger partial charge in [0.25, 0.3) is 0 Å². The molecule has 176 valence electrons. The van der Waals surface area contributed by atoms with Crippen molar-refractivity contribution in [3.8, 4) is 0 Å². The Balaban J connectivity index is 2.04. The first-order chi connectivity index (χ1) is 15.5. The number of hydrogen-bond acceptors (Lipinski definition) is 4. The summed E-state index contributed by atoms with van der Waals surface area (Å²) in [5.41, 5.74) is 0.803. The average Bonchev–Trinajstić information content (AvgIpc) is 3.30. The van der Waals surface area contributed by atoms with Crippen molar-refractivity contribution in [2.75, 3.05) is 26.8 Å². The smallest absolute Gasteiger partial charge is 0.242 e. The van der Waals surface area contributed by atoms with Gasteiger partial charge in [-0.1, -0.05) is 44.7 Å². The summed E-state index contributed by atoms with van der Waals surface area (Å²) in [6.07, 6.45) is 7.27. The lowest BCUT2D eigenvalue weighted by Crippen LogP contribution is -2.43. The molecule has 0 bridgehead atoms. The lowest BCUT2D eigenvalue weighted by atomic mass is 10.1. The monoisotopic (exact) mass is 446 g/mol. The lowest BCUT2D eigenvalue weighted by Gasteiger charge is -2.27. The standard InChI is InChI=1S/C25H35FN2O4/c1-3-4-5-6-7-10-24(29)27(15-17-31-2)20-25(30)28(19-23-9-8-16-32-23)18-21-11-13-22(26)14-12-21/h8-9,11-14,16H,3-7,10,15,17-20H2,1-2H3. The minimum Gasteiger partial charge on any atom is -0.467 e. The van der Waals surface area contributed by atoms with E-state index >= 15 is 0 Å². The van der Waals surface area contributed by atoms with Crippen LogP contribution in [0.4, 0.5) is 4.39 Å². The largest absolute Gasteiger partial charge is 0.467 e. The Kier molecular flexibility index (Phi) is 11.5. The van der Waals surface area contributed by atoms with E-state index < -0.39 is 0 Å². The molecule has 0 radical (unpaired) electrons. The van der Waals surface area contributed by atoms with Crippen LogP contribution in [0.1, 0.15) is 56.8 Å². The van der Waals surface area contributed by atoms with Gasteiger partial charge in [-0.3, -0.25) is 9.59 Å². The maximum absolute atomic E-state index is 13.3. The molecule has 0 saturated carbocycles. The highest BCUT2D eigenvalue weighted by Gasteiger charge is 2.22. The zero-order valence-corrected chi connectivity index (χ0v) is 19.2. The van der Waals surface area contributed by atoms with Gasteiger partial charge in [0.1, 0.15) is 11.6 Å². The van der Waals surface area contributed by atoms with E-state index in [4.69, 9.17) is 9.15 Å². The number of hydrogen-bond donors (Lipinski definition) is 0. The van der Waals surface area contributed by atoms with Crippen molar-refractivity contribution < 1.29 is 23.1 Å². The molecule has 0 atom stereocenters. The van der Waals surface area contributed by atoms with Gasteiger partial charge in [0.2, 0.25) is 11.8 Å². The second kappa shape index (κ2) is 14.4. The number of ether oxygens (including phenoxy) is 1. The van der Waals surface area contributed by atoms with Crippen molar-refractivity contribution >= 4 is 11.8 Å². The predicted molar refractivity (Wildman–Crippen MR) is 121 cm³/mol. The molecule has 0 spiro atoms. The Morgan fingerprint density at radius 3 is 2.38 bits per heavy atom. The third-order valence-electron chi connectivity index (χ3n) is 5.30. The summed E-state index contributed by atoms with van der Waals surface area (Å²) in [6.45, 7) is 3.42. The molecule has 0 N–H and O–H groups in total. The summed E-state index contributed by atoms with van der Waals surface area (Å²) in [5.74, 6) is 0.0897. The number of halogens is 1. The van der Waals surface area contributed by atoms with Crippen molar-refractivity contribution in [2.45, 2.75) is 58.5 Å². The van der Waals surface area contributed by atoms with E-state index in [1.807, 2.05) is 0 Å². The molecule has 2 rings (SSSR count). The van der Waals surface area contributed by atoms with E-state index in [9.17, 15) is 14.0 Å². The topological polar surface area (TPSA) is 63.0 Å². The molecule has 1 aromatic carbocycles. The molecule has 1 heterocycles.